The molecule has 104 valence electrons. The predicted molar refractivity (Wildman–Crippen MR) is 73.7 cm³/mol. The van der Waals surface area contributed by atoms with Gasteiger partial charge in [-0.1, -0.05) is 23.2 Å². The maximum atomic E-state index is 11.8. The fourth-order valence-electron chi connectivity index (χ4n) is 1.18. The van der Waals surface area contributed by atoms with Crippen LogP contribution in [0.5, 0.6) is 0 Å². The molecule has 0 saturated heterocycles. The van der Waals surface area contributed by atoms with Crippen LogP contribution in [0.4, 0.5) is 4.79 Å². The van der Waals surface area contributed by atoms with Gasteiger partial charge in [0, 0.05) is 27.2 Å². The largest absolute Gasteiger partial charge is 0.350 e. The minimum absolute atomic E-state index is 0.0438. The number of halogens is 2. The van der Waals surface area contributed by atoms with Crippen LogP contribution in [0.1, 0.15) is 10.4 Å². The molecule has 0 radical (unpaired) electrons. The van der Waals surface area contributed by atoms with Crippen LogP contribution in [0.25, 0.3) is 0 Å². The second-order valence-electron chi connectivity index (χ2n) is 3.85. The Morgan fingerprint density at radius 1 is 1.21 bits per heavy atom. The van der Waals surface area contributed by atoms with E-state index >= 15 is 0 Å². The lowest BCUT2D eigenvalue weighted by Gasteiger charge is -2.12. The lowest BCUT2D eigenvalue weighted by Crippen LogP contribution is -2.39. The van der Waals surface area contributed by atoms with Gasteiger partial charge in [0.05, 0.1) is 5.56 Å². The van der Waals surface area contributed by atoms with E-state index < -0.39 is 0 Å². The van der Waals surface area contributed by atoms with Crippen molar-refractivity contribution in [1.29, 1.82) is 0 Å². The summed E-state index contributed by atoms with van der Waals surface area (Å²) in [5.74, 6) is -0.367. The average Bonchev–Trinajstić information content (AvgIpc) is 2.33. The number of nitrogens with zero attached hydrogens (tertiary/aromatic N) is 2. The molecule has 0 atom stereocenters. The number of aromatic nitrogens is 1. The third kappa shape index (κ3) is 4.92. The molecule has 1 rings (SSSR count). The third-order valence-corrected chi connectivity index (χ3v) is 2.65. The molecule has 1 aromatic heterocycles. The Morgan fingerprint density at radius 2 is 1.84 bits per heavy atom. The SMILES string of the molecule is CN(C)C(=O)NCCNC(=O)c1ccc(Cl)nc1Cl. The van der Waals surface area contributed by atoms with Gasteiger partial charge in [-0.25, -0.2) is 9.78 Å². The molecular weight excluding hydrogens is 291 g/mol. The smallest absolute Gasteiger partial charge is 0.316 e. The minimum atomic E-state index is -0.367. The van der Waals surface area contributed by atoms with Crippen molar-refractivity contribution in [1.82, 2.24) is 20.5 Å². The molecule has 1 heterocycles. The topological polar surface area (TPSA) is 74.3 Å². The number of amides is 3. The molecule has 0 bridgehead atoms. The standard InChI is InChI=1S/C11H14Cl2N4O2/c1-17(2)11(19)15-6-5-14-10(18)7-3-4-8(12)16-9(7)13/h3-4H,5-6H2,1-2H3,(H,14,18)(H,15,19). The number of carbonyl (C=O) groups is 2. The molecule has 0 aliphatic heterocycles. The maximum Gasteiger partial charge on any atom is 0.316 e. The van der Waals surface area contributed by atoms with Crippen molar-refractivity contribution in [2.75, 3.05) is 27.2 Å². The number of rotatable bonds is 4. The molecule has 0 aromatic carbocycles. The van der Waals surface area contributed by atoms with Gasteiger partial charge in [0.1, 0.15) is 10.3 Å². The van der Waals surface area contributed by atoms with Crippen LogP contribution >= 0.6 is 23.2 Å². The molecule has 2 N–H and O–H groups in total. The molecule has 0 aliphatic carbocycles. The van der Waals surface area contributed by atoms with Crippen LogP contribution in [-0.4, -0.2) is 49.0 Å². The van der Waals surface area contributed by atoms with Gasteiger partial charge in [0.15, 0.2) is 0 Å². The summed E-state index contributed by atoms with van der Waals surface area (Å²) in [5, 5.41) is 5.49. The van der Waals surface area contributed by atoms with Crippen LogP contribution < -0.4 is 10.6 Å². The molecule has 0 fully saturated rings. The number of pyridine rings is 1. The molecule has 0 unspecified atom stereocenters. The molecular formula is C11H14Cl2N4O2. The normalized spacial score (nSPS) is 9.89. The van der Waals surface area contributed by atoms with Gasteiger partial charge in [-0.05, 0) is 12.1 Å². The Bertz CT molecular complexity index is 480. The molecule has 0 saturated carbocycles. The van der Waals surface area contributed by atoms with Crippen LogP contribution in [0.15, 0.2) is 12.1 Å². The average molecular weight is 305 g/mol. The quantitative estimate of drug-likeness (QED) is 0.652. The lowest BCUT2D eigenvalue weighted by atomic mass is 10.2. The van der Waals surface area contributed by atoms with Crippen molar-refractivity contribution in [2.45, 2.75) is 0 Å². The summed E-state index contributed by atoms with van der Waals surface area (Å²) in [5.41, 5.74) is 0.241. The molecule has 1 aromatic rings. The zero-order valence-corrected chi connectivity index (χ0v) is 12.0. The molecule has 3 amide bonds. The Morgan fingerprint density at radius 3 is 2.42 bits per heavy atom. The van der Waals surface area contributed by atoms with E-state index in [0.717, 1.165) is 0 Å². The van der Waals surface area contributed by atoms with Gasteiger partial charge < -0.3 is 15.5 Å². The highest BCUT2D eigenvalue weighted by Crippen LogP contribution is 2.16. The van der Waals surface area contributed by atoms with Crippen LogP contribution in [-0.2, 0) is 0 Å². The van der Waals surface area contributed by atoms with Gasteiger partial charge >= 0.3 is 6.03 Å². The number of hydrogen-bond donors (Lipinski definition) is 2. The second-order valence-corrected chi connectivity index (χ2v) is 4.60. The van der Waals surface area contributed by atoms with Crippen molar-refractivity contribution in [2.24, 2.45) is 0 Å². The number of nitrogens with one attached hydrogen (secondary N) is 2. The Balaban J connectivity index is 2.41. The molecule has 19 heavy (non-hydrogen) atoms. The first kappa shape index (κ1) is 15.5. The van der Waals surface area contributed by atoms with Crippen LogP contribution in [0.2, 0.25) is 10.3 Å². The fraction of sp³-hybridized carbons (Fsp3) is 0.364. The lowest BCUT2D eigenvalue weighted by molar-refractivity contribution is 0.0953. The van der Waals surface area contributed by atoms with E-state index in [1.54, 1.807) is 14.1 Å². The summed E-state index contributed by atoms with van der Waals surface area (Å²) in [7, 11) is 3.26. The summed E-state index contributed by atoms with van der Waals surface area (Å²) in [4.78, 5) is 28.1. The van der Waals surface area contributed by atoms with Crippen molar-refractivity contribution in [3.8, 4) is 0 Å². The zero-order valence-electron chi connectivity index (χ0n) is 10.5. The van der Waals surface area contributed by atoms with Gasteiger partial charge in [-0.15, -0.1) is 0 Å². The van der Waals surface area contributed by atoms with E-state index in [1.807, 2.05) is 0 Å². The molecule has 8 heteroatoms. The van der Waals surface area contributed by atoms with Gasteiger partial charge in [0.25, 0.3) is 5.91 Å². The van der Waals surface area contributed by atoms with Crippen molar-refractivity contribution in [3.05, 3.63) is 28.0 Å². The highest BCUT2D eigenvalue weighted by molar-refractivity contribution is 6.34. The van der Waals surface area contributed by atoms with Gasteiger partial charge in [-0.3, -0.25) is 4.79 Å². The summed E-state index contributed by atoms with van der Waals surface area (Å²) in [6, 6.07) is 2.75. The molecule has 6 nitrogen and oxygen atoms in total. The van der Waals surface area contributed by atoms with E-state index in [4.69, 9.17) is 23.2 Å². The van der Waals surface area contributed by atoms with Crippen LogP contribution in [0, 0.1) is 0 Å². The Labute approximate surface area is 121 Å². The predicted octanol–water partition coefficient (Wildman–Crippen LogP) is 1.39. The zero-order chi connectivity index (χ0) is 14.4. The van der Waals surface area contributed by atoms with E-state index in [9.17, 15) is 9.59 Å². The number of carbonyl (C=O) groups excluding carboxylic acids is 2. The van der Waals surface area contributed by atoms with Gasteiger partial charge in [0.2, 0.25) is 0 Å². The highest BCUT2D eigenvalue weighted by atomic mass is 35.5. The summed E-state index contributed by atoms with van der Waals surface area (Å²) in [6.07, 6.45) is 0. The van der Waals surface area contributed by atoms with E-state index in [0.29, 0.717) is 6.54 Å². The minimum Gasteiger partial charge on any atom is -0.350 e. The first-order valence-electron chi connectivity index (χ1n) is 5.47. The van der Waals surface area contributed by atoms with Crippen molar-refractivity contribution in [3.63, 3.8) is 0 Å². The van der Waals surface area contributed by atoms with Crippen LogP contribution in [0.3, 0.4) is 0 Å². The first-order chi connectivity index (χ1) is 8.91. The summed E-state index contributed by atoms with van der Waals surface area (Å²) < 4.78 is 0. The summed E-state index contributed by atoms with van der Waals surface area (Å²) >= 11 is 11.4. The Hall–Kier alpha value is -1.53. The van der Waals surface area contributed by atoms with Gasteiger partial charge in [-0.2, -0.15) is 0 Å². The van der Waals surface area contributed by atoms with E-state index in [1.165, 1.54) is 17.0 Å². The molecule has 0 spiro atoms. The summed E-state index contributed by atoms with van der Waals surface area (Å²) in [6.45, 7) is 0.610. The van der Waals surface area contributed by atoms with E-state index in [-0.39, 0.29) is 34.4 Å². The highest BCUT2D eigenvalue weighted by Gasteiger charge is 2.11. The number of hydrogen-bond acceptors (Lipinski definition) is 3. The maximum absolute atomic E-state index is 11.8. The van der Waals surface area contributed by atoms with Crippen molar-refractivity contribution < 1.29 is 9.59 Å². The first-order valence-corrected chi connectivity index (χ1v) is 6.23. The number of urea groups is 1. The van der Waals surface area contributed by atoms with E-state index in [2.05, 4.69) is 15.6 Å². The fourth-order valence-corrected chi connectivity index (χ4v) is 1.61. The monoisotopic (exact) mass is 304 g/mol. The second kappa shape index (κ2) is 7.16. The third-order valence-electron chi connectivity index (χ3n) is 2.15. The van der Waals surface area contributed by atoms with Crippen molar-refractivity contribution >= 4 is 35.1 Å². The Kier molecular flexibility index (Phi) is 5.85. The molecule has 0 aliphatic rings.